The topological polar surface area (TPSA) is 39.2 Å². The molecule has 16 heavy (non-hydrogen) atoms. The fourth-order valence-electron chi connectivity index (χ4n) is 2.17. The first-order valence-corrected chi connectivity index (χ1v) is 5.66. The fraction of sp³-hybridized carbons (Fsp3) is 0.538. The van der Waals surface area contributed by atoms with E-state index < -0.39 is 0 Å². The highest BCUT2D eigenvalue weighted by Gasteiger charge is 2.39. The summed E-state index contributed by atoms with van der Waals surface area (Å²) >= 11 is 0. The van der Waals surface area contributed by atoms with Crippen molar-refractivity contribution < 1.29 is 9.53 Å². The standard InChI is InChI=1S/C13H17NO2/c1-10-4-7-14-9-11(10)12(15)8-13(16-2)5-3-6-13/h4,7,9H,3,5-6,8H2,1-2H3. The van der Waals surface area contributed by atoms with Gasteiger partial charge in [0.05, 0.1) is 5.60 Å². The van der Waals surface area contributed by atoms with E-state index in [0.29, 0.717) is 6.42 Å². The lowest BCUT2D eigenvalue weighted by molar-refractivity contribution is -0.0704. The van der Waals surface area contributed by atoms with E-state index in [1.807, 2.05) is 13.0 Å². The maximum atomic E-state index is 12.1. The van der Waals surface area contributed by atoms with Crippen molar-refractivity contribution in [1.29, 1.82) is 0 Å². The highest BCUT2D eigenvalue weighted by Crippen LogP contribution is 2.38. The molecule has 3 heteroatoms. The Labute approximate surface area is 95.8 Å². The number of rotatable bonds is 4. The van der Waals surface area contributed by atoms with Crippen LogP contribution in [0.4, 0.5) is 0 Å². The van der Waals surface area contributed by atoms with Crippen molar-refractivity contribution in [1.82, 2.24) is 4.98 Å². The van der Waals surface area contributed by atoms with E-state index in [-0.39, 0.29) is 11.4 Å². The van der Waals surface area contributed by atoms with Crippen LogP contribution in [0.2, 0.25) is 0 Å². The molecule has 1 aliphatic rings. The van der Waals surface area contributed by atoms with Crippen LogP contribution >= 0.6 is 0 Å². The number of aryl methyl sites for hydroxylation is 1. The lowest BCUT2D eigenvalue weighted by atomic mass is 9.75. The summed E-state index contributed by atoms with van der Waals surface area (Å²) < 4.78 is 5.46. The minimum absolute atomic E-state index is 0.146. The molecule has 0 saturated heterocycles. The largest absolute Gasteiger partial charge is 0.378 e. The van der Waals surface area contributed by atoms with Gasteiger partial charge in [0.25, 0.3) is 0 Å². The van der Waals surface area contributed by atoms with E-state index in [0.717, 1.165) is 30.4 Å². The Balaban J connectivity index is 2.11. The second-order valence-corrected chi connectivity index (χ2v) is 4.53. The van der Waals surface area contributed by atoms with Crippen LogP contribution in [0, 0.1) is 6.92 Å². The molecule has 0 bridgehead atoms. The molecule has 1 aromatic heterocycles. The van der Waals surface area contributed by atoms with Gasteiger partial charge in [0.1, 0.15) is 0 Å². The lowest BCUT2D eigenvalue weighted by Crippen LogP contribution is -2.41. The highest BCUT2D eigenvalue weighted by atomic mass is 16.5. The molecule has 1 aromatic rings. The van der Waals surface area contributed by atoms with Gasteiger partial charge in [-0.05, 0) is 37.8 Å². The molecule has 86 valence electrons. The number of carbonyl (C=O) groups excluding carboxylic acids is 1. The highest BCUT2D eigenvalue weighted by molar-refractivity contribution is 5.97. The van der Waals surface area contributed by atoms with Gasteiger partial charge in [-0.15, -0.1) is 0 Å². The predicted octanol–water partition coefficient (Wildman–Crippen LogP) is 2.53. The van der Waals surface area contributed by atoms with Crippen molar-refractivity contribution in [2.24, 2.45) is 0 Å². The average Bonchev–Trinajstić information content (AvgIpc) is 2.24. The van der Waals surface area contributed by atoms with Crippen molar-refractivity contribution in [2.45, 2.75) is 38.2 Å². The van der Waals surface area contributed by atoms with Crippen LogP contribution in [0.1, 0.15) is 41.6 Å². The molecule has 0 spiro atoms. The molecule has 0 aliphatic heterocycles. The molecule has 2 rings (SSSR count). The van der Waals surface area contributed by atoms with Crippen LogP contribution in [-0.2, 0) is 4.74 Å². The van der Waals surface area contributed by atoms with E-state index in [4.69, 9.17) is 4.74 Å². The van der Waals surface area contributed by atoms with Crippen molar-refractivity contribution in [3.05, 3.63) is 29.6 Å². The fourth-order valence-corrected chi connectivity index (χ4v) is 2.17. The molecule has 1 saturated carbocycles. The second kappa shape index (κ2) is 4.34. The molecule has 1 fully saturated rings. The molecule has 3 nitrogen and oxygen atoms in total. The van der Waals surface area contributed by atoms with E-state index in [1.54, 1.807) is 19.5 Å². The molecule has 0 aromatic carbocycles. The number of carbonyl (C=O) groups is 1. The summed E-state index contributed by atoms with van der Waals surface area (Å²) in [5, 5.41) is 0. The maximum Gasteiger partial charge on any atom is 0.167 e. The van der Waals surface area contributed by atoms with Crippen LogP contribution < -0.4 is 0 Å². The Kier molecular flexibility index (Phi) is 3.06. The first kappa shape index (κ1) is 11.3. The van der Waals surface area contributed by atoms with E-state index in [1.165, 1.54) is 0 Å². The number of hydrogen-bond acceptors (Lipinski definition) is 3. The zero-order valence-corrected chi connectivity index (χ0v) is 9.82. The third kappa shape index (κ3) is 2.00. The van der Waals surface area contributed by atoms with Gasteiger partial charge in [-0.1, -0.05) is 0 Å². The van der Waals surface area contributed by atoms with Crippen molar-refractivity contribution in [3.63, 3.8) is 0 Å². The number of methoxy groups -OCH3 is 1. The summed E-state index contributed by atoms with van der Waals surface area (Å²) in [5.74, 6) is 0.146. The Bertz CT molecular complexity index is 391. The normalized spacial score (nSPS) is 17.9. The quantitative estimate of drug-likeness (QED) is 0.730. The Morgan fingerprint density at radius 3 is 2.81 bits per heavy atom. The molecule has 0 N–H and O–H groups in total. The number of Topliss-reactive ketones (excluding diaryl/α,β-unsaturated/α-hetero) is 1. The Morgan fingerprint density at radius 1 is 1.56 bits per heavy atom. The zero-order valence-electron chi connectivity index (χ0n) is 9.82. The van der Waals surface area contributed by atoms with Crippen molar-refractivity contribution >= 4 is 5.78 Å². The third-order valence-electron chi connectivity index (χ3n) is 3.52. The summed E-state index contributed by atoms with van der Waals surface area (Å²) in [5.41, 5.74) is 1.52. The number of hydrogen-bond donors (Lipinski definition) is 0. The van der Waals surface area contributed by atoms with Gasteiger partial charge in [0.15, 0.2) is 5.78 Å². The number of pyridine rings is 1. The molecule has 0 atom stereocenters. The van der Waals surface area contributed by atoms with Crippen LogP contribution in [-0.4, -0.2) is 23.5 Å². The Hall–Kier alpha value is -1.22. The predicted molar refractivity (Wildman–Crippen MR) is 61.5 cm³/mol. The minimum Gasteiger partial charge on any atom is -0.378 e. The molecule has 0 amide bonds. The summed E-state index contributed by atoms with van der Waals surface area (Å²) in [7, 11) is 1.70. The van der Waals surface area contributed by atoms with Crippen LogP contribution in [0.15, 0.2) is 18.5 Å². The molecule has 1 heterocycles. The van der Waals surface area contributed by atoms with Gasteiger partial charge in [0, 0.05) is 31.5 Å². The van der Waals surface area contributed by atoms with E-state index >= 15 is 0 Å². The van der Waals surface area contributed by atoms with E-state index in [9.17, 15) is 4.79 Å². The summed E-state index contributed by atoms with van der Waals surface area (Å²) in [6.45, 7) is 1.94. The van der Waals surface area contributed by atoms with Gasteiger partial charge in [0.2, 0.25) is 0 Å². The number of ketones is 1. The molecule has 1 aliphatic carbocycles. The molecular weight excluding hydrogens is 202 g/mol. The van der Waals surface area contributed by atoms with Crippen molar-refractivity contribution in [2.75, 3.05) is 7.11 Å². The number of aromatic nitrogens is 1. The third-order valence-corrected chi connectivity index (χ3v) is 3.52. The van der Waals surface area contributed by atoms with Gasteiger partial charge in [-0.25, -0.2) is 0 Å². The first-order valence-electron chi connectivity index (χ1n) is 5.66. The number of nitrogens with zero attached hydrogens (tertiary/aromatic N) is 1. The summed E-state index contributed by atoms with van der Waals surface area (Å²) in [6.07, 6.45) is 6.99. The van der Waals surface area contributed by atoms with Crippen LogP contribution in [0.5, 0.6) is 0 Å². The summed E-state index contributed by atoms with van der Waals surface area (Å²) in [6, 6.07) is 1.87. The second-order valence-electron chi connectivity index (χ2n) is 4.53. The molecule has 0 unspecified atom stereocenters. The first-order chi connectivity index (χ1) is 7.67. The van der Waals surface area contributed by atoms with Crippen LogP contribution in [0.25, 0.3) is 0 Å². The average molecular weight is 219 g/mol. The monoisotopic (exact) mass is 219 g/mol. The van der Waals surface area contributed by atoms with E-state index in [2.05, 4.69) is 4.98 Å². The van der Waals surface area contributed by atoms with Gasteiger partial charge < -0.3 is 4.74 Å². The van der Waals surface area contributed by atoms with Gasteiger partial charge in [-0.3, -0.25) is 9.78 Å². The number of ether oxygens (including phenoxy) is 1. The molecular formula is C13H17NO2. The maximum absolute atomic E-state index is 12.1. The smallest absolute Gasteiger partial charge is 0.167 e. The van der Waals surface area contributed by atoms with Gasteiger partial charge in [-0.2, -0.15) is 0 Å². The lowest BCUT2D eigenvalue weighted by Gasteiger charge is -2.40. The van der Waals surface area contributed by atoms with Crippen LogP contribution in [0.3, 0.4) is 0 Å². The Morgan fingerprint density at radius 2 is 2.31 bits per heavy atom. The SMILES string of the molecule is COC1(CC(=O)c2cnccc2C)CCC1. The zero-order chi connectivity index (χ0) is 11.6. The summed E-state index contributed by atoms with van der Waals surface area (Å²) in [4.78, 5) is 16.1. The van der Waals surface area contributed by atoms with Crippen molar-refractivity contribution in [3.8, 4) is 0 Å². The minimum atomic E-state index is -0.195. The van der Waals surface area contributed by atoms with Gasteiger partial charge >= 0.3 is 0 Å². The molecule has 0 radical (unpaired) electrons.